The average Bonchev–Trinajstić information content (AvgIpc) is 2.91. The average molecular weight is 338 g/mol. The maximum absolute atomic E-state index is 12.4. The number of hydrogen-bond donors (Lipinski definition) is 1. The summed E-state index contributed by atoms with van der Waals surface area (Å²) in [6.45, 7) is 7.46. The quantitative estimate of drug-likeness (QED) is 0.660. The summed E-state index contributed by atoms with van der Waals surface area (Å²) in [5.41, 5.74) is 7.60. The smallest absolute Gasteiger partial charge is 0.418 e. The van der Waals surface area contributed by atoms with Crippen LogP contribution in [-0.2, 0) is 4.74 Å². The first kappa shape index (κ1) is 16.9. The van der Waals surface area contributed by atoms with E-state index in [0.29, 0.717) is 11.4 Å². The zero-order chi connectivity index (χ0) is 18.2. The van der Waals surface area contributed by atoms with E-state index < -0.39 is 11.7 Å². The Morgan fingerprint density at radius 1 is 1.08 bits per heavy atom. The van der Waals surface area contributed by atoms with Gasteiger partial charge in [-0.1, -0.05) is 0 Å². The molecule has 0 unspecified atom stereocenters. The topological polar surface area (TPSA) is 66.5 Å². The van der Waals surface area contributed by atoms with Crippen LogP contribution in [0.25, 0.3) is 10.9 Å². The highest BCUT2D eigenvalue weighted by molar-refractivity contribution is 5.90. The van der Waals surface area contributed by atoms with Crippen molar-refractivity contribution in [3.05, 3.63) is 54.2 Å². The lowest BCUT2D eigenvalue weighted by Crippen LogP contribution is -2.26. The van der Waals surface area contributed by atoms with Gasteiger partial charge in [0.2, 0.25) is 0 Å². The molecular weight excluding hydrogens is 316 g/mol. The Hall–Kier alpha value is -2.95. The van der Waals surface area contributed by atoms with Crippen LogP contribution in [0, 0.1) is 6.92 Å². The summed E-state index contributed by atoms with van der Waals surface area (Å²) in [5, 5.41) is 0.937. The molecule has 2 aromatic carbocycles. The second-order valence-corrected chi connectivity index (χ2v) is 7.01. The molecule has 0 amide bonds. The summed E-state index contributed by atoms with van der Waals surface area (Å²) in [6, 6.07) is 13.0. The van der Waals surface area contributed by atoms with Crippen LogP contribution in [-0.4, -0.2) is 16.3 Å². The third-order valence-electron chi connectivity index (χ3n) is 3.68. The number of nitrogens with two attached hydrogens (primary N) is 1. The van der Waals surface area contributed by atoms with E-state index in [2.05, 4.69) is 0 Å². The monoisotopic (exact) mass is 338 g/mol. The second-order valence-electron chi connectivity index (χ2n) is 7.01. The van der Waals surface area contributed by atoms with Gasteiger partial charge >= 0.3 is 6.09 Å². The first-order valence-electron chi connectivity index (χ1n) is 8.11. The minimum Gasteiger partial charge on any atom is -0.457 e. The highest BCUT2D eigenvalue weighted by Crippen LogP contribution is 2.29. The van der Waals surface area contributed by atoms with Crippen molar-refractivity contribution in [2.45, 2.75) is 33.3 Å². The van der Waals surface area contributed by atoms with Crippen molar-refractivity contribution in [1.29, 1.82) is 0 Å². The molecule has 3 rings (SSSR count). The molecule has 130 valence electrons. The molecule has 0 fully saturated rings. The summed E-state index contributed by atoms with van der Waals surface area (Å²) in [5.74, 6) is 1.37. The Morgan fingerprint density at radius 2 is 1.84 bits per heavy atom. The van der Waals surface area contributed by atoms with Gasteiger partial charge in [-0.15, -0.1) is 0 Å². The van der Waals surface area contributed by atoms with Gasteiger partial charge in [0, 0.05) is 23.3 Å². The van der Waals surface area contributed by atoms with Gasteiger partial charge in [0.1, 0.15) is 17.1 Å². The molecule has 25 heavy (non-hydrogen) atoms. The van der Waals surface area contributed by atoms with Crippen LogP contribution in [0.1, 0.15) is 26.3 Å². The fourth-order valence-electron chi connectivity index (χ4n) is 2.56. The molecule has 0 bridgehead atoms. The molecule has 0 aliphatic carbocycles. The minimum absolute atomic E-state index is 0.414. The molecule has 2 N–H and O–H groups in total. The Bertz CT molecular complexity index is 936. The first-order chi connectivity index (χ1) is 11.7. The second kappa shape index (κ2) is 6.16. The molecule has 0 radical (unpaired) electrons. The number of hydrogen-bond acceptors (Lipinski definition) is 4. The van der Waals surface area contributed by atoms with Gasteiger partial charge in [-0.25, -0.2) is 4.79 Å². The number of rotatable bonds is 2. The zero-order valence-electron chi connectivity index (χ0n) is 14.9. The number of carbonyl (C=O) groups excluding carboxylic acids is 1. The van der Waals surface area contributed by atoms with Gasteiger partial charge in [0.15, 0.2) is 0 Å². The lowest BCUT2D eigenvalue weighted by atomic mass is 10.2. The molecule has 0 aliphatic rings. The summed E-state index contributed by atoms with van der Waals surface area (Å²) < 4.78 is 12.9. The van der Waals surface area contributed by atoms with Crippen LogP contribution in [0.4, 0.5) is 10.5 Å². The van der Waals surface area contributed by atoms with Gasteiger partial charge in [-0.05, 0) is 69.7 Å². The third kappa shape index (κ3) is 3.76. The Kier molecular flexibility index (Phi) is 4.17. The molecule has 0 spiro atoms. The van der Waals surface area contributed by atoms with E-state index in [9.17, 15) is 4.79 Å². The number of fused-ring (bicyclic) bond motifs is 1. The van der Waals surface area contributed by atoms with Gasteiger partial charge in [-0.2, -0.15) is 0 Å². The fraction of sp³-hybridized carbons (Fsp3) is 0.250. The zero-order valence-corrected chi connectivity index (χ0v) is 14.9. The maximum Gasteiger partial charge on any atom is 0.418 e. The largest absolute Gasteiger partial charge is 0.457 e. The van der Waals surface area contributed by atoms with Gasteiger partial charge in [0.25, 0.3) is 0 Å². The van der Waals surface area contributed by atoms with Crippen LogP contribution < -0.4 is 10.5 Å². The number of aryl methyl sites for hydroxylation is 1. The number of carbonyl (C=O) groups is 1. The van der Waals surface area contributed by atoms with Crippen LogP contribution in [0.5, 0.6) is 11.5 Å². The van der Waals surface area contributed by atoms with Crippen molar-refractivity contribution < 1.29 is 14.3 Å². The van der Waals surface area contributed by atoms with E-state index in [0.717, 1.165) is 22.2 Å². The fourth-order valence-corrected chi connectivity index (χ4v) is 2.56. The molecule has 1 aromatic heterocycles. The molecule has 5 heteroatoms. The lowest BCUT2D eigenvalue weighted by Gasteiger charge is -2.19. The highest BCUT2D eigenvalue weighted by Gasteiger charge is 2.19. The molecule has 0 saturated carbocycles. The molecule has 3 aromatic rings. The standard InChI is InChI=1S/C20H22N2O3/c1-13-11-15(21)6-8-18(13)24-16-7-5-14-9-10-22(17(14)12-16)19(23)25-20(2,3)4/h5-12H,21H2,1-4H3. The summed E-state index contributed by atoms with van der Waals surface area (Å²) in [4.78, 5) is 12.4. The first-order valence-corrected chi connectivity index (χ1v) is 8.11. The Labute approximate surface area is 147 Å². The number of benzene rings is 2. The number of anilines is 1. The highest BCUT2D eigenvalue weighted by atomic mass is 16.6. The predicted octanol–water partition coefficient (Wildman–Crippen LogP) is 5.11. The van der Waals surface area contributed by atoms with E-state index in [1.54, 1.807) is 12.3 Å². The third-order valence-corrected chi connectivity index (χ3v) is 3.68. The summed E-state index contributed by atoms with van der Waals surface area (Å²) in [7, 11) is 0. The van der Waals surface area contributed by atoms with Crippen LogP contribution in [0.2, 0.25) is 0 Å². The van der Waals surface area contributed by atoms with Crippen molar-refractivity contribution in [3.8, 4) is 11.5 Å². The normalized spacial score (nSPS) is 11.5. The number of aromatic nitrogens is 1. The van der Waals surface area contributed by atoms with Gasteiger partial charge < -0.3 is 15.2 Å². The van der Waals surface area contributed by atoms with E-state index in [1.165, 1.54) is 4.57 Å². The molecule has 0 aliphatic heterocycles. The van der Waals surface area contributed by atoms with Crippen LogP contribution >= 0.6 is 0 Å². The SMILES string of the molecule is Cc1cc(N)ccc1Oc1ccc2ccn(C(=O)OC(C)(C)C)c2c1. The van der Waals surface area contributed by atoms with Gasteiger partial charge in [-0.3, -0.25) is 4.57 Å². The van der Waals surface area contributed by atoms with Gasteiger partial charge in [0.05, 0.1) is 5.52 Å². The summed E-state index contributed by atoms with van der Waals surface area (Å²) in [6.07, 6.45) is 1.29. The number of ether oxygens (including phenoxy) is 2. The lowest BCUT2D eigenvalue weighted by molar-refractivity contribution is 0.0544. The van der Waals surface area contributed by atoms with Crippen molar-refractivity contribution in [2.75, 3.05) is 5.73 Å². The van der Waals surface area contributed by atoms with E-state index in [4.69, 9.17) is 15.2 Å². The van der Waals surface area contributed by atoms with E-state index >= 15 is 0 Å². The van der Waals surface area contributed by atoms with Crippen molar-refractivity contribution in [2.24, 2.45) is 0 Å². The molecular formula is C20H22N2O3. The van der Waals surface area contributed by atoms with Crippen molar-refractivity contribution in [3.63, 3.8) is 0 Å². The minimum atomic E-state index is -0.553. The Balaban J connectivity index is 1.93. The number of nitrogens with zero attached hydrogens (tertiary/aromatic N) is 1. The molecule has 5 nitrogen and oxygen atoms in total. The van der Waals surface area contributed by atoms with Crippen LogP contribution in [0.3, 0.4) is 0 Å². The van der Waals surface area contributed by atoms with Crippen LogP contribution in [0.15, 0.2) is 48.7 Å². The maximum atomic E-state index is 12.4. The van der Waals surface area contributed by atoms with E-state index in [-0.39, 0.29) is 0 Å². The Morgan fingerprint density at radius 3 is 2.52 bits per heavy atom. The molecule has 0 saturated heterocycles. The van der Waals surface area contributed by atoms with E-state index in [1.807, 2.05) is 64.1 Å². The predicted molar refractivity (Wildman–Crippen MR) is 99.2 cm³/mol. The van der Waals surface area contributed by atoms with Crippen molar-refractivity contribution in [1.82, 2.24) is 4.57 Å². The van der Waals surface area contributed by atoms with Crippen molar-refractivity contribution >= 4 is 22.7 Å². The summed E-state index contributed by atoms with van der Waals surface area (Å²) >= 11 is 0. The molecule has 0 atom stereocenters. The number of nitrogen functional groups attached to an aromatic ring is 1. The molecule has 1 heterocycles.